The second-order valence-electron chi connectivity index (χ2n) is 2.32. The Morgan fingerprint density at radius 1 is 0.857 bits per heavy atom. The van der Waals surface area contributed by atoms with Gasteiger partial charge in [-0.2, -0.15) is 0 Å². The first-order valence-electron chi connectivity index (χ1n) is 3.88. The predicted octanol–water partition coefficient (Wildman–Crippen LogP) is 0.787. The molecule has 0 unspecified atom stereocenters. The molecule has 0 heterocycles. The van der Waals surface area contributed by atoms with E-state index in [2.05, 4.69) is 23.7 Å². The van der Waals surface area contributed by atoms with Crippen LogP contribution in [0.25, 0.3) is 0 Å². The first kappa shape index (κ1) is 9.77. The van der Waals surface area contributed by atoms with Gasteiger partial charge in [0.1, 0.15) is 0 Å². The fourth-order valence-electron chi connectivity index (χ4n) is 0.916. The number of aldehydes is 2. The van der Waals surface area contributed by atoms with E-state index in [9.17, 15) is 9.59 Å². The fraction of sp³-hybridized carbons (Fsp3) is 0. The van der Waals surface area contributed by atoms with Crippen LogP contribution in [0.5, 0.6) is 0 Å². The van der Waals surface area contributed by atoms with E-state index >= 15 is 0 Å². The molecule has 1 aromatic carbocycles. The number of carbonyl (C=O) groups excluding carboxylic acids is 2. The van der Waals surface area contributed by atoms with E-state index in [0.29, 0.717) is 23.7 Å². The van der Waals surface area contributed by atoms with Gasteiger partial charge >= 0.3 is 0 Å². The fourth-order valence-corrected chi connectivity index (χ4v) is 0.916. The van der Waals surface area contributed by atoms with Crippen molar-refractivity contribution in [3.63, 3.8) is 0 Å². The van der Waals surface area contributed by atoms with Crippen LogP contribution >= 0.6 is 0 Å². The molecule has 0 bridgehead atoms. The van der Waals surface area contributed by atoms with Crippen LogP contribution in [-0.4, -0.2) is 12.6 Å². The third-order valence-electron chi connectivity index (χ3n) is 1.46. The zero-order chi connectivity index (χ0) is 10.2. The van der Waals surface area contributed by atoms with Crippen molar-refractivity contribution in [2.75, 3.05) is 0 Å². The maximum Gasteiger partial charge on any atom is 0.193 e. The highest BCUT2D eigenvalue weighted by Gasteiger charge is 1.93. The summed E-state index contributed by atoms with van der Waals surface area (Å²) in [6.45, 7) is 0. The molecule has 2 heteroatoms. The molecule has 66 valence electrons. The Morgan fingerprint density at radius 2 is 1.29 bits per heavy atom. The molecule has 0 spiro atoms. The second-order valence-corrected chi connectivity index (χ2v) is 2.32. The van der Waals surface area contributed by atoms with Crippen molar-refractivity contribution >= 4 is 12.6 Å². The van der Waals surface area contributed by atoms with Gasteiger partial charge in [-0.3, -0.25) is 9.59 Å². The van der Waals surface area contributed by atoms with Crippen molar-refractivity contribution in [1.82, 2.24) is 0 Å². The van der Waals surface area contributed by atoms with Crippen molar-refractivity contribution < 1.29 is 9.59 Å². The van der Waals surface area contributed by atoms with Gasteiger partial charge in [-0.25, -0.2) is 0 Å². The Hall–Kier alpha value is -2.32. The molecule has 0 saturated heterocycles. The zero-order valence-electron chi connectivity index (χ0n) is 7.28. The Bertz CT molecular complexity index is 419. The summed E-state index contributed by atoms with van der Waals surface area (Å²) in [6.07, 6.45) is 1.04. The highest BCUT2D eigenvalue weighted by Crippen LogP contribution is 2.04. The van der Waals surface area contributed by atoms with Gasteiger partial charge in [-0.05, 0) is 24.0 Å². The van der Waals surface area contributed by atoms with Crippen LogP contribution in [0.1, 0.15) is 11.1 Å². The lowest BCUT2D eigenvalue weighted by atomic mass is 10.1. The minimum atomic E-state index is 0.518. The van der Waals surface area contributed by atoms with Crippen LogP contribution in [0.4, 0.5) is 0 Å². The third kappa shape index (κ3) is 2.62. The molecule has 0 amide bonds. The summed E-state index contributed by atoms with van der Waals surface area (Å²) in [5.41, 5.74) is 1.29. The third-order valence-corrected chi connectivity index (χ3v) is 1.46. The summed E-state index contributed by atoms with van der Waals surface area (Å²) in [6, 6.07) is 7.07. The van der Waals surface area contributed by atoms with Crippen molar-refractivity contribution in [2.24, 2.45) is 0 Å². The second kappa shape index (κ2) is 5.35. The van der Waals surface area contributed by atoms with E-state index in [1.54, 1.807) is 24.3 Å². The van der Waals surface area contributed by atoms with Gasteiger partial charge in [0.15, 0.2) is 12.6 Å². The van der Waals surface area contributed by atoms with Gasteiger partial charge in [0.05, 0.1) is 0 Å². The number of hydrogen-bond donors (Lipinski definition) is 0. The van der Waals surface area contributed by atoms with E-state index in [4.69, 9.17) is 0 Å². The monoisotopic (exact) mass is 182 g/mol. The lowest BCUT2D eigenvalue weighted by Gasteiger charge is -1.93. The minimum Gasteiger partial charge on any atom is -0.289 e. The molecule has 0 N–H and O–H groups in total. The topological polar surface area (TPSA) is 34.1 Å². The van der Waals surface area contributed by atoms with Gasteiger partial charge < -0.3 is 0 Å². The standard InChI is InChI=1S/C12H6O2/c13-9-3-7-11-5-1-2-6-12(11)8-4-10-14/h1-2,5-6,9-10H. The van der Waals surface area contributed by atoms with Crippen LogP contribution in [0.15, 0.2) is 24.3 Å². The Balaban J connectivity index is 3.15. The molecular weight excluding hydrogens is 176 g/mol. The van der Waals surface area contributed by atoms with Crippen LogP contribution in [-0.2, 0) is 9.59 Å². The summed E-state index contributed by atoms with van der Waals surface area (Å²) >= 11 is 0. The van der Waals surface area contributed by atoms with Gasteiger partial charge in [0.2, 0.25) is 0 Å². The van der Waals surface area contributed by atoms with Crippen LogP contribution in [0.2, 0.25) is 0 Å². The summed E-state index contributed by atoms with van der Waals surface area (Å²) in [5, 5.41) is 0. The number of rotatable bonds is 0. The summed E-state index contributed by atoms with van der Waals surface area (Å²) in [7, 11) is 0. The molecule has 0 atom stereocenters. The van der Waals surface area contributed by atoms with Gasteiger partial charge in [-0.1, -0.05) is 24.0 Å². The molecule has 1 rings (SSSR count). The quantitative estimate of drug-likeness (QED) is 0.439. The van der Waals surface area contributed by atoms with E-state index in [0.717, 1.165) is 0 Å². The largest absolute Gasteiger partial charge is 0.289 e. The van der Waals surface area contributed by atoms with Gasteiger partial charge in [0, 0.05) is 11.1 Å². The highest BCUT2D eigenvalue weighted by atomic mass is 16.1. The molecule has 0 aliphatic rings. The molecule has 14 heavy (non-hydrogen) atoms. The normalized spacial score (nSPS) is 7.43. The average molecular weight is 182 g/mol. The van der Waals surface area contributed by atoms with Crippen LogP contribution in [0, 0.1) is 23.7 Å². The molecule has 0 saturated carbocycles. The van der Waals surface area contributed by atoms with E-state index < -0.39 is 0 Å². The lowest BCUT2D eigenvalue weighted by molar-refractivity contribution is -0.104. The van der Waals surface area contributed by atoms with Crippen molar-refractivity contribution in [2.45, 2.75) is 0 Å². The van der Waals surface area contributed by atoms with Gasteiger partial charge in [-0.15, -0.1) is 0 Å². The molecule has 1 aromatic rings. The highest BCUT2D eigenvalue weighted by molar-refractivity contribution is 5.76. The molecular formula is C12H6O2. The molecule has 0 fully saturated rings. The Labute approximate surface area is 81.9 Å². The maximum absolute atomic E-state index is 10.0. The first-order chi connectivity index (χ1) is 6.88. The van der Waals surface area contributed by atoms with E-state index in [-0.39, 0.29) is 0 Å². The molecule has 2 nitrogen and oxygen atoms in total. The SMILES string of the molecule is O=CC#Cc1ccccc1C#CC=O. The van der Waals surface area contributed by atoms with Crippen LogP contribution in [0.3, 0.4) is 0 Å². The molecule has 0 radical (unpaired) electrons. The average Bonchev–Trinajstić information content (AvgIpc) is 2.24. The van der Waals surface area contributed by atoms with Crippen molar-refractivity contribution in [3.05, 3.63) is 35.4 Å². The van der Waals surface area contributed by atoms with Crippen molar-refractivity contribution in [3.8, 4) is 23.7 Å². The molecule has 0 aliphatic carbocycles. The van der Waals surface area contributed by atoms with Gasteiger partial charge in [0.25, 0.3) is 0 Å². The first-order valence-corrected chi connectivity index (χ1v) is 3.88. The zero-order valence-corrected chi connectivity index (χ0v) is 7.28. The Morgan fingerprint density at radius 3 is 1.64 bits per heavy atom. The Kier molecular flexibility index (Phi) is 3.73. The van der Waals surface area contributed by atoms with Crippen LogP contribution < -0.4 is 0 Å². The summed E-state index contributed by atoms with van der Waals surface area (Å²) < 4.78 is 0. The summed E-state index contributed by atoms with van der Waals surface area (Å²) in [5.74, 6) is 9.86. The van der Waals surface area contributed by atoms with Crippen molar-refractivity contribution in [1.29, 1.82) is 0 Å². The lowest BCUT2D eigenvalue weighted by Crippen LogP contribution is -1.82. The number of benzene rings is 1. The minimum absolute atomic E-state index is 0.518. The van der Waals surface area contributed by atoms with E-state index in [1.807, 2.05) is 0 Å². The number of carbonyl (C=O) groups is 2. The number of hydrogen-bond acceptors (Lipinski definition) is 2. The maximum atomic E-state index is 10.0. The smallest absolute Gasteiger partial charge is 0.193 e. The molecule has 0 aliphatic heterocycles. The predicted molar refractivity (Wildman–Crippen MR) is 52.3 cm³/mol. The molecule has 0 aromatic heterocycles. The summed E-state index contributed by atoms with van der Waals surface area (Å²) in [4.78, 5) is 20.1. The van der Waals surface area contributed by atoms with E-state index in [1.165, 1.54) is 0 Å².